The fourth-order valence-corrected chi connectivity index (χ4v) is 1.57. The van der Waals surface area contributed by atoms with Gasteiger partial charge in [0.1, 0.15) is 18.3 Å². The fourth-order valence-electron chi connectivity index (χ4n) is 1.57. The predicted molar refractivity (Wildman–Crippen MR) is 57.8 cm³/mol. The first kappa shape index (κ1) is 13.9. The maximum Gasteiger partial charge on any atom is 0.186 e. The molecule has 5 atom stereocenters. The molecule has 16 heavy (non-hydrogen) atoms. The molecule has 5 nitrogen and oxygen atoms in total. The van der Waals surface area contributed by atoms with Gasteiger partial charge >= 0.3 is 0 Å². The largest absolute Gasteiger partial charge is 0.388 e. The van der Waals surface area contributed by atoms with E-state index in [1.165, 1.54) is 0 Å². The predicted octanol–water partition coefficient (Wildman–Crippen LogP) is -0.123. The van der Waals surface area contributed by atoms with Crippen molar-refractivity contribution >= 4 is 0 Å². The topological polar surface area (TPSA) is 79.2 Å². The fraction of sp³-hybridized carbons (Fsp3) is 1.00. The van der Waals surface area contributed by atoms with Crippen LogP contribution in [0.5, 0.6) is 0 Å². The third kappa shape index (κ3) is 3.40. The molecular formula is C11H22O5. The molecule has 96 valence electrons. The normalized spacial score (nSPS) is 40.3. The molecule has 0 bridgehead atoms. The summed E-state index contributed by atoms with van der Waals surface area (Å²) in [6.45, 7) is 6.25. The molecule has 0 aromatic rings. The van der Waals surface area contributed by atoms with Crippen molar-refractivity contribution < 1.29 is 24.8 Å². The van der Waals surface area contributed by atoms with Crippen molar-refractivity contribution in [3.05, 3.63) is 0 Å². The van der Waals surface area contributed by atoms with Crippen LogP contribution in [-0.2, 0) is 9.47 Å². The zero-order chi connectivity index (χ0) is 12.3. The van der Waals surface area contributed by atoms with Crippen molar-refractivity contribution in [2.24, 2.45) is 5.92 Å². The van der Waals surface area contributed by atoms with Gasteiger partial charge in [0.25, 0.3) is 0 Å². The Morgan fingerprint density at radius 1 is 1.12 bits per heavy atom. The minimum absolute atomic E-state index is 0.467. The van der Waals surface area contributed by atoms with Crippen molar-refractivity contribution in [1.82, 2.24) is 0 Å². The van der Waals surface area contributed by atoms with Gasteiger partial charge < -0.3 is 24.8 Å². The molecule has 3 N–H and O–H groups in total. The van der Waals surface area contributed by atoms with E-state index in [2.05, 4.69) is 13.8 Å². The minimum atomic E-state index is -1.22. The smallest absolute Gasteiger partial charge is 0.186 e. The van der Waals surface area contributed by atoms with Gasteiger partial charge in [-0.2, -0.15) is 0 Å². The molecule has 1 aliphatic rings. The van der Waals surface area contributed by atoms with Crippen molar-refractivity contribution in [3.8, 4) is 0 Å². The summed E-state index contributed by atoms with van der Waals surface area (Å²) in [5, 5.41) is 28.6. The monoisotopic (exact) mass is 234 g/mol. The number of hydrogen-bond acceptors (Lipinski definition) is 5. The Morgan fingerprint density at radius 2 is 1.75 bits per heavy atom. The molecule has 0 spiro atoms. The SMILES string of the molecule is CC(C)CCO[C@@H]1O[C@H](C)[C@@H](O)C(O)C1O. The number of aliphatic hydroxyl groups excluding tert-OH is 3. The Balaban J connectivity index is 2.41. The Labute approximate surface area is 96.0 Å². The van der Waals surface area contributed by atoms with Gasteiger partial charge in [-0.3, -0.25) is 0 Å². The van der Waals surface area contributed by atoms with Gasteiger partial charge in [0.05, 0.1) is 12.7 Å². The quantitative estimate of drug-likeness (QED) is 0.632. The van der Waals surface area contributed by atoms with E-state index in [0.717, 1.165) is 6.42 Å². The zero-order valence-corrected chi connectivity index (χ0v) is 10.0. The third-order valence-electron chi connectivity index (χ3n) is 2.79. The number of ether oxygens (including phenoxy) is 2. The lowest BCUT2D eigenvalue weighted by atomic mass is 10.00. The van der Waals surface area contributed by atoms with E-state index < -0.39 is 30.7 Å². The maximum absolute atomic E-state index is 9.63. The minimum Gasteiger partial charge on any atom is -0.388 e. The van der Waals surface area contributed by atoms with Gasteiger partial charge in [-0.1, -0.05) is 13.8 Å². The van der Waals surface area contributed by atoms with Crippen LogP contribution in [0.15, 0.2) is 0 Å². The van der Waals surface area contributed by atoms with Crippen LogP contribution < -0.4 is 0 Å². The van der Waals surface area contributed by atoms with Crippen molar-refractivity contribution in [3.63, 3.8) is 0 Å². The van der Waals surface area contributed by atoms with Crippen LogP contribution >= 0.6 is 0 Å². The summed E-state index contributed by atoms with van der Waals surface area (Å²) in [4.78, 5) is 0. The van der Waals surface area contributed by atoms with Crippen LogP contribution in [-0.4, -0.2) is 52.6 Å². The van der Waals surface area contributed by atoms with Crippen molar-refractivity contribution in [2.45, 2.75) is 57.9 Å². The van der Waals surface area contributed by atoms with E-state index in [0.29, 0.717) is 12.5 Å². The molecule has 1 rings (SSSR count). The summed E-state index contributed by atoms with van der Waals surface area (Å²) in [6.07, 6.45) is -4.01. The second-order valence-electron chi connectivity index (χ2n) is 4.73. The Morgan fingerprint density at radius 3 is 2.31 bits per heavy atom. The van der Waals surface area contributed by atoms with Crippen LogP contribution in [0, 0.1) is 5.92 Å². The highest BCUT2D eigenvalue weighted by atomic mass is 16.7. The summed E-state index contributed by atoms with van der Waals surface area (Å²) in [6, 6.07) is 0. The van der Waals surface area contributed by atoms with Gasteiger partial charge in [-0.05, 0) is 19.3 Å². The Bertz CT molecular complexity index is 209. The van der Waals surface area contributed by atoms with E-state index in [-0.39, 0.29) is 0 Å². The molecule has 0 saturated carbocycles. The maximum atomic E-state index is 9.63. The highest BCUT2D eigenvalue weighted by molar-refractivity contribution is 4.87. The summed E-state index contributed by atoms with van der Waals surface area (Å²) in [5.41, 5.74) is 0. The van der Waals surface area contributed by atoms with E-state index >= 15 is 0 Å². The van der Waals surface area contributed by atoms with Crippen LogP contribution in [0.4, 0.5) is 0 Å². The summed E-state index contributed by atoms with van der Waals surface area (Å²) < 4.78 is 10.6. The highest BCUT2D eigenvalue weighted by Gasteiger charge is 2.42. The van der Waals surface area contributed by atoms with Crippen LogP contribution in [0.25, 0.3) is 0 Å². The molecule has 0 aromatic carbocycles. The van der Waals surface area contributed by atoms with E-state index in [1.807, 2.05) is 0 Å². The lowest BCUT2D eigenvalue weighted by Crippen LogP contribution is -2.57. The molecular weight excluding hydrogens is 212 g/mol. The van der Waals surface area contributed by atoms with Crippen LogP contribution in [0.3, 0.4) is 0 Å². The average molecular weight is 234 g/mol. The highest BCUT2D eigenvalue weighted by Crippen LogP contribution is 2.22. The molecule has 0 amide bonds. The first-order valence-corrected chi connectivity index (χ1v) is 5.74. The first-order chi connectivity index (χ1) is 7.43. The number of aliphatic hydroxyl groups is 3. The van der Waals surface area contributed by atoms with Crippen molar-refractivity contribution in [2.75, 3.05) is 6.61 Å². The lowest BCUT2D eigenvalue weighted by Gasteiger charge is -2.39. The molecule has 1 heterocycles. The number of hydrogen-bond donors (Lipinski definition) is 3. The first-order valence-electron chi connectivity index (χ1n) is 5.74. The molecule has 1 saturated heterocycles. The lowest BCUT2D eigenvalue weighted by molar-refractivity contribution is -0.293. The van der Waals surface area contributed by atoms with E-state index in [1.54, 1.807) is 6.92 Å². The summed E-state index contributed by atoms with van der Waals surface area (Å²) in [7, 11) is 0. The second-order valence-corrected chi connectivity index (χ2v) is 4.73. The van der Waals surface area contributed by atoms with E-state index in [4.69, 9.17) is 9.47 Å². The van der Waals surface area contributed by atoms with Crippen LogP contribution in [0.2, 0.25) is 0 Å². The molecule has 0 radical (unpaired) electrons. The van der Waals surface area contributed by atoms with Crippen molar-refractivity contribution in [1.29, 1.82) is 0 Å². The zero-order valence-electron chi connectivity index (χ0n) is 10.0. The standard InChI is InChI=1S/C11H22O5/c1-6(2)4-5-15-11-10(14)9(13)8(12)7(3)16-11/h6-14H,4-5H2,1-3H3/t7-,8-,9?,10?,11-/m1/s1. The molecule has 2 unspecified atom stereocenters. The second kappa shape index (κ2) is 5.93. The van der Waals surface area contributed by atoms with Gasteiger partial charge in [0.15, 0.2) is 6.29 Å². The van der Waals surface area contributed by atoms with Crippen LogP contribution in [0.1, 0.15) is 27.2 Å². The van der Waals surface area contributed by atoms with Gasteiger partial charge in [-0.15, -0.1) is 0 Å². The Hall–Kier alpha value is -0.200. The summed E-state index contributed by atoms with van der Waals surface area (Å²) >= 11 is 0. The van der Waals surface area contributed by atoms with Gasteiger partial charge in [0.2, 0.25) is 0 Å². The van der Waals surface area contributed by atoms with Gasteiger partial charge in [-0.25, -0.2) is 0 Å². The van der Waals surface area contributed by atoms with Gasteiger partial charge in [0, 0.05) is 0 Å². The molecule has 1 aliphatic heterocycles. The molecule has 0 aliphatic carbocycles. The summed E-state index contributed by atoms with van der Waals surface area (Å²) in [5.74, 6) is 0.508. The molecule has 0 aromatic heterocycles. The molecule has 1 fully saturated rings. The van der Waals surface area contributed by atoms with E-state index in [9.17, 15) is 15.3 Å². The molecule has 5 heteroatoms. The number of rotatable bonds is 4. The Kier molecular flexibility index (Phi) is 5.14. The average Bonchev–Trinajstić information content (AvgIpc) is 2.22. The third-order valence-corrected chi connectivity index (χ3v) is 2.79.